The van der Waals surface area contributed by atoms with Gasteiger partial charge in [0.1, 0.15) is 6.26 Å². The lowest BCUT2D eigenvalue weighted by molar-refractivity contribution is 0.274. The summed E-state index contributed by atoms with van der Waals surface area (Å²) >= 11 is 1.41. The third-order valence-electron chi connectivity index (χ3n) is 2.25. The van der Waals surface area contributed by atoms with E-state index in [9.17, 15) is 5.11 Å². The van der Waals surface area contributed by atoms with Crippen LogP contribution in [0.4, 0.5) is 0 Å². The molecule has 0 amide bonds. The second-order valence-electron chi connectivity index (χ2n) is 4.39. The SMILES string of the molecule is Cc1coc(SC(CO)C(N)CC(C)C)n1. The molecule has 0 saturated carbocycles. The Balaban J connectivity index is 2.54. The van der Waals surface area contributed by atoms with Crippen molar-refractivity contribution in [2.75, 3.05) is 6.61 Å². The molecule has 0 fully saturated rings. The molecule has 0 radical (unpaired) electrons. The molecule has 92 valence electrons. The van der Waals surface area contributed by atoms with Crippen LogP contribution < -0.4 is 5.73 Å². The summed E-state index contributed by atoms with van der Waals surface area (Å²) in [6, 6.07) is -0.0396. The Morgan fingerprint density at radius 1 is 1.56 bits per heavy atom. The number of hydrogen-bond acceptors (Lipinski definition) is 5. The predicted molar refractivity (Wildman–Crippen MR) is 65.4 cm³/mol. The maximum atomic E-state index is 9.31. The Kier molecular flexibility index (Phi) is 5.31. The van der Waals surface area contributed by atoms with E-state index < -0.39 is 0 Å². The molecule has 0 bridgehead atoms. The van der Waals surface area contributed by atoms with Gasteiger partial charge in [0.05, 0.1) is 17.6 Å². The van der Waals surface area contributed by atoms with Gasteiger partial charge >= 0.3 is 0 Å². The average Bonchev–Trinajstić information content (AvgIpc) is 2.59. The van der Waals surface area contributed by atoms with E-state index in [0.717, 1.165) is 12.1 Å². The fourth-order valence-corrected chi connectivity index (χ4v) is 2.39. The second kappa shape index (κ2) is 6.27. The number of rotatable bonds is 6. The molecule has 4 nitrogen and oxygen atoms in total. The quantitative estimate of drug-likeness (QED) is 0.747. The van der Waals surface area contributed by atoms with Gasteiger partial charge < -0.3 is 15.3 Å². The lowest BCUT2D eigenvalue weighted by Crippen LogP contribution is -2.36. The summed E-state index contributed by atoms with van der Waals surface area (Å²) in [5.41, 5.74) is 6.88. The lowest BCUT2D eigenvalue weighted by Gasteiger charge is -2.21. The predicted octanol–water partition coefficient (Wildman–Crippen LogP) is 1.81. The minimum absolute atomic E-state index is 0.0396. The summed E-state index contributed by atoms with van der Waals surface area (Å²) in [6.07, 6.45) is 2.49. The topological polar surface area (TPSA) is 72.3 Å². The standard InChI is InChI=1S/C11H20N2O2S/c1-7(2)4-9(12)10(5-14)16-11-13-8(3)6-15-11/h6-7,9-10,14H,4-5,12H2,1-3H3. The van der Waals surface area contributed by atoms with Crippen molar-refractivity contribution >= 4 is 11.8 Å². The number of aromatic nitrogens is 1. The van der Waals surface area contributed by atoms with Crippen LogP contribution in [0.25, 0.3) is 0 Å². The van der Waals surface area contributed by atoms with E-state index in [1.807, 2.05) is 6.92 Å². The molecule has 1 heterocycles. The van der Waals surface area contributed by atoms with Crippen molar-refractivity contribution in [3.05, 3.63) is 12.0 Å². The highest BCUT2D eigenvalue weighted by Gasteiger charge is 2.21. The molecule has 2 unspecified atom stereocenters. The maximum Gasteiger partial charge on any atom is 0.256 e. The highest BCUT2D eigenvalue weighted by molar-refractivity contribution is 7.99. The first-order valence-electron chi connectivity index (χ1n) is 5.48. The average molecular weight is 244 g/mol. The minimum Gasteiger partial charge on any atom is -0.440 e. The zero-order chi connectivity index (χ0) is 12.1. The molecule has 2 atom stereocenters. The van der Waals surface area contributed by atoms with Gasteiger partial charge in [-0.25, -0.2) is 4.98 Å². The van der Waals surface area contributed by atoms with Crippen molar-refractivity contribution in [1.82, 2.24) is 4.98 Å². The van der Waals surface area contributed by atoms with Crippen LogP contribution in [0.1, 0.15) is 26.0 Å². The molecule has 1 rings (SSSR count). The molecular formula is C11H20N2O2S. The van der Waals surface area contributed by atoms with Gasteiger partial charge in [-0.1, -0.05) is 25.6 Å². The van der Waals surface area contributed by atoms with Crippen molar-refractivity contribution in [2.45, 2.75) is 43.7 Å². The molecule has 0 aromatic carbocycles. The zero-order valence-electron chi connectivity index (χ0n) is 10.0. The molecule has 5 heteroatoms. The van der Waals surface area contributed by atoms with Crippen LogP contribution in [0.15, 0.2) is 15.9 Å². The lowest BCUT2D eigenvalue weighted by atomic mass is 10.0. The van der Waals surface area contributed by atoms with Gasteiger partial charge in [0, 0.05) is 6.04 Å². The number of oxazole rings is 1. The minimum atomic E-state index is -0.0551. The summed E-state index contributed by atoms with van der Waals surface area (Å²) in [5.74, 6) is 0.524. The van der Waals surface area contributed by atoms with E-state index in [1.54, 1.807) is 6.26 Å². The van der Waals surface area contributed by atoms with Crippen LogP contribution in [0, 0.1) is 12.8 Å². The smallest absolute Gasteiger partial charge is 0.256 e. The Hall–Kier alpha value is -0.520. The largest absolute Gasteiger partial charge is 0.440 e. The van der Waals surface area contributed by atoms with Crippen molar-refractivity contribution < 1.29 is 9.52 Å². The van der Waals surface area contributed by atoms with Crippen LogP contribution in [-0.2, 0) is 0 Å². The number of aliphatic hydroxyl groups is 1. The number of nitrogens with zero attached hydrogens (tertiary/aromatic N) is 1. The number of hydrogen-bond donors (Lipinski definition) is 2. The molecule has 1 aromatic rings. The van der Waals surface area contributed by atoms with Gasteiger partial charge in [-0.2, -0.15) is 0 Å². The zero-order valence-corrected chi connectivity index (χ0v) is 10.8. The van der Waals surface area contributed by atoms with E-state index in [1.165, 1.54) is 11.8 Å². The van der Waals surface area contributed by atoms with Crippen LogP contribution in [0.3, 0.4) is 0 Å². The summed E-state index contributed by atoms with van der Waals surface area (Å²) in [6.45, 7) is 6.15. The van der Waals surface area contributed by atoms with Crippen molar-refractivity contribution in [1.29, 1.82) is 0 Å². The van der Waals surface area contributed by atoms with Gasteiger partial charge in [-0.3, -0.25) is 0 Å². The van der Waals surface area contributed by atoms with Gasteiger partial charge in [-0.15, -0.1) is 0 Å². The monoisotopic (exact) mass is 244 g/mol. The summed E-state index contributed by atoms with van der Waals surface area (Å²) in [4.78, 5) is 4.19. The Morgan fingerprint density at radius 3 is 2.69 bits per heavy atom. The van der Waals surface area contributed by atoms with E-state index in [0.29, 0.717) is 11.1 Å². The molecule has 0 aliphatic heterocycles. The molecule has 1 aromatic heterocycles. The molecule has 0 spiro atoms. The van der Waals surface area contributed by atoms with E-state index in [2.05, 4.69) is 18.8 Å². The molecule has 16 heavy (non-hydrogen) atoms. The summed E-state index contributed by atoms with van der Waals surface area (Å²) in [7, 11) is 0. The molecule has 0 saturated heterocycles. The highest BCUT2D eigenvalue weighted by atomic mass is 32.2. The normalized spacial score (nSPS) is 15.4. The molecular weight excluding hydrogens is 224 g/mol. The third kappa shape index (κ3) is 4.15. The van der Waals surface area contributed by atoms with Crippen LogP contribution >= 0.6 is 11.8 Å². The second-order valence-corrected chi connectivity index (χ2v) is 5.58. The fraction of sp³-hybridized carbons (Fsp3) is 0.727. The molecule has 3 N–H and O–H groups in total. The Morgan fingerprint density at radius 2 is 2.25 bits per heavy atom. The summed E-state index contributed by atoms with van der Waals surface area (Å²) < 4.78 is 5.24. The first kappa shape index (κ1) is 13.5. The van der Waals surface area contributed by atoms with Gasteiger partial charge in [0.15, 0.2) is 0 Å². The first-order chi connectivity index (χ1) is 7.52. The van der Waals surface area contributed by atoms with E-state index >= 15 is 0 Å². The fourth-order valence-electron chi connectivity index (χ4n) is 1.47. The number of thioether (sulfide) groups is 1. The van der Waals surface area contributed by atoms with Crippen molar-refractivity contribution in [2.24, 2.45) is 11.7 Å². The summed E-state index contributed by atoms with van der Waals surface area (Å²) in [5, 5.41) is 9.83. The van der Waals surface area contributed by atoms with Crippen molar-refractivity contribution in [3.63, 3.8) is 0 Å². The third-order valence-corrected chi connectivity index (χ3v) is 3.44. The van der Waals surface area contributed by atoms with Gasteiger partial charge in [0.2, 0.25) is 0 Å². The Labute approximate surface area is 101 Å². The van der Waals surface area contributed by atoms with Crippen LogP contribution in [0.5, 0.6) is 0 Å². The van der Waals surface area contributed by atoms with Crippen LogP contribution in [0.2, 0.25) is 0 Å². The molecule has 0 aliphatic rings. The number of aliphatic hydroxyl groups excluding tert-OH is 1. The van der Waals surface area contributed by atoms with Gasteiger partial charge in [-0.05, 0) is 19.3 Å². The highest BCUT2D eigenvalue weighted by Crippen LogP contribution is 2.25. The van der Waals surface area contributed by atoms with Crippen molar-refractivity contribution in [3.8, 4) is 0 Å². The van der Waals surface area contributed by atoms with E-state index in [-0.39, 0.29) is 17.9 Å². The first-order valence-corrected chi connectivity index (χ1v) is 6.36. The maximum absolute atomic E-state index is 9.31. The number of aryl methyl sites for hydroxylation is 1. The molecule has 0 aliphatic carbocycles. The van der Waals surface area contributed by atoms with E-state index in [4.69, 9.17) is 10.2 Å². The number of nitrogens with two attached hydrogens (primary N) is 1. The van der Waals surface area contributed by atoms with Gasteiger partial charge in [0.25, 0.3) is 5.22 Å². The van der Waals surface area contributed by atoms with Crippen LogP contribution in [-0.4, -0.2) is 28.0 Å². The Bertz CT molecular complexity index is 315.